The number of hydrogen-bond donors (Lipinski definition) is 0. The number of rotatable bonds is 7. The maximum atomic E-state index is 13.3. The number of fused-ring (bicyclic) bond motifs is 1. The summed E-state index contributed by atoms with van der Waals surface area (Å²) in [6.07, 6.45) is 6.71. The third-order valence-electron chi connectivity index (χ3n) is 6.46. The number of aromatic nitrogens is 2. The van der Waals surface area contributed by atoms with Crippen molar-refractivity contribution in [3.8, 4) is 5.75 Å². The standard InChI is InChI=1S/C26H32N4O4/c31-26(23-2-1-3-24(17-23)34-15-10-28-8-12-32-13-9-28)30-11-14-33-20-22(19-30)16-21-4-5-25-27-6-7-29(25)18-21/h1-7,17-18,22H,8-16,19-20H2/t22-/m1/s1. The SMILES string of the molecule is O=C(c1cccc(OCCN2CCOCC2)c1)N1CCOC[C@H](Cc2ccc3nccn3c2)C1. The largest absolute Gasteiger partial charge is 0.492 e. The van der Waals surface area contributed by atoms with Crippen LogP contribution in [0.2, 0.25) is 0 Å². The van der Waals surface area contributed by atoms with Gasteiger partial charge in [-0.2, -0.15) is 0 Å². The number of pyridine rings is 1. The predicted octanol–water partition coefficient (Wildman–Crippen LogP) is 2.38. The highest BCUT2D eigenvalue weighted by Crippen LogP contribution is 2.19. The van der Waals surface area contributed by atoms with Crippen molar-refractivity contribution >= 4 is 11.6 Å². The molecule has 2 aliphatic heterocycles. The van der Waals surface area contributed by atoms with Gasteiger partial charge < -0.3 is 23.5 Å². The second-order valence-electron chi connectivity index (χ2n) is 8.96. The molecular weight excluding hydrogens is 432 g/mol. The third kappa shape index (κ3) is 5.75. The molecule has 1 amide bonds. The van der Waals surface area contributed by atoms with Crippen molar-refractivity contribution in [2.45, 2.75) is 6.42 Å². The molecule has 0 saturated carbocycles. The van der Waals surface area contributed by atoms with Crippen LogP contribution in [0.15, 0.2) is 55.0 Å². The monoisotopic (exact) mass is 464 g/mol. The first kappa shape index (κ1) is 22.8. The van der Waals surface area contributed by atoms with Gasteiger partial charge >= 0.3 is 0 Å². The molecule has 3 aromatic rings. The molecule has 8 nitrogen and oxygen atoms in total. The van der Waals surface area contributed by atoms with Gasteiger partial charge in [-0.25, -0.2) is 4.98 Å². The lowest BCUT2D eigenvalue weighted by Gasteiger charge is -2.26. The molecule has 34 heavy (non-hydrogen) atoms. The quantitative estimate of drug-likeness (QED) is 0.535. The van der Waals surface area contributed by atoms with Gasteiger partial charge in [-0.3, -0.25) is 9.69 Å². The maximum absolute atomic E-state index is 13.3. The molecule has 1 aromatic carbocycles. The molecule has 0 bridgehead atoms. The zero-order chi connectivity index (χ0) is 23.2. The van der Waals surface area contributed by atoms with E-state index in [4.69, 9.17) is 14.2 Å². The first-order valence-electron chi connectivity index (χ1n) is 12.1. The highest BCUT2D eigenvalue weighted by Gasteiger charge is 2.24. The number of nitrogens with zero attached hydrogens (tertiary/aromatic N) is 4. The van der Waals surface area contributed by atoms with Crippen LogP contribution in [-0.2, 0) is 15.9 Å². The average molecular weight is 465 g/mol. The van der Waals surface area contributed by atoms with E-state index in [1.54, 1.807) is 6.20 Å². The number of carbonyl (C=O) groups is 1. The molecule has 2 saturated heterocycles. The van der Waals surface area contributed by atoms with Gasteiger partial charge in [0.1, 0.15) is 18.0 Å². The minimum atomic E-state index is 0.0270. The molecule has 0 unspecified atom stereocenters. The molecule has 2 fully saturated rings. The molecule has 180 valence electrons. The molecule has 8 heteroatoms. The van der Waals surface area contributed by atoms with E-state index in [0.717, 1.165) is 50.7 Å². The molecule has 0 radical (unpaired) electrons. The van der Waals surface area contributed by atoms with Gasteiger partial charge in [-0.15, -0.1) is 0 Å². The second-order valence-corrected chi connectivity index (χ2v) is 8.96. The summed E-state index contributed by atoms with van der Waals surface area (Å²) in [7, 11) is 0. The molecule has 2 aromatic heterocycles. The lowest BCUT2D eigenvalue weighted by Crippen LogP contribution is -2.38. The van der Waals surface area contributed by atoms with Crippen LogP contribution in [0.1, 0.15) is 15.9 Å². The lowest BCUT2D eigenvalue weighted by atomic mass is 10.0. The third-order valence-corrected chi connectivity index (χ3v) is 6.46. The van der Waals surface area contributed by atoms with Gasteiger partial charge in [-0.05, 0) is 36.2 Å². The summed E-state index contributed by atoms with van der Waals surface area (Å²) < 4.78 is 19.2. The van der Waals surface area contributed by atoms with E-state index >= 15 is 0 Å². The van der Waals surface area contributed by atoms with Crippen LogP contribution in [0.5, 0.6) is 5.75 Å². The fourth-order valence-corrected chi connectivity index (χ4v) is 4.63. The predicted molar refractivity (Wildman–Crippen MR) is 128 cm³/mol. The Bertz CT molecular complexity index is 1100. The van der Waals surface area contributed by atoms with E-state index in [0.29, 0.717) is 38.5 Å². The fraction of sp³-hybridized carbons (Fsp3) is 0.462. The first-order chi connectivity index (χ1) is 16.7. The van der Waals surface area contributed by atoms with Crippen molar-refractivity contribution in [2.75, 3.05) is 65.8 Å². The van der Waals surface area contributed by atoms with Crippen molar-refractivity contribution in [3.05, 3.63) is 66.1 Å². The molecule has 0 spiro atoms. The van der Waals surface area contributed by atoms with E-state index < -0.39 is 0 Å². The van der Waals surface area contributed by atoms with E-state index in [9.17, 15) is 4.79 Å². The Hall–Kier alpha value is -2.94. The van der Waals surface area contributed by atoms with Gasteiger partial charge in [0.05, 0.1) is 26.4 Å². The number of benzene rings is 1. The maximum Gasteiger partial charge on any atom is 0.254 e. The number of carbonyl (C=O) groups excluding carboxylic acids is 1. The van der Waals surface area contributed by atoms with Crippen LogP contribution >= 0.6 is 0 Å². The number of morpholine rings is 1. The second kappa shape index (κ2) is 11.0. The van der Waals surface area contributed by atoms with Crippen molar-refractivity contribution < 1.29 is 19.0 Å². The van der Waals surface area contributed by atoms with Crippen molar-refractivity contribution in [1.29, 1.82) is 0 Å². The summed E-state index contributed by atoms with van der Waals surface area (Å²) in [6, 6.07) is 11.7. The number of hydrogen-bond acceptors (Lipinski definition) is 6. The highest BCUT2D eigenvalue weighted by molar-refractivity contribution is 5.94. The van der Waals surface area contributed by atoms with E-state index in [-0.39, 0.29) is 11.8 Å². The Morgan fingerprint density at radius 2 is 1.97 bits per heavy atom. The van der Waals surface area contributed by atoms with Gasteiger partial charge in [0, 0.05) is 62.8 Å². The van der Waals surface area contributed by atoms with Crippen molar-refractivity contribution in [3.63, 3.8) is 0 Å². The van der Waals surface area contributed by atoms with Crippen LogP contribution in [0.25, 0.3) is 5.65 Å². The van der Waals surface area contributed by atoms with Gasteiger partial charge in [0.25, 0.3) is 5.91 Å². The number of imidazole rings is 1. The minimum Gasteiger partial charge on any atom is -0.492 e. The minimum absolute atomic E-state index is 0.0270. The van der Waals surface area contributed by atoms with Crippen molar-refractivity contribution in [2.24, 2.45) is 5.92 Å². The van der Waals surface area contributed by atoms with Crippen LogP contribution < -0.4 is 4.74 Å². The Morgan fingerprint density at radius 1 is 1.09 bits per heavy atom. The highest BCUT2D eigenvalue weighted by atomic mass is 16.5. The Morgan fingerprint density at radius 3 is 2.88 bits per heavy atom. The fourth-order valence-electron chi connectivity index (χ4n) is 4.63. The summed E-state index contributed by atoms with van der Waals surface area (Å²) >= 11 is 0. The van der Waals surface area contributed by atoms with Gasteiger partial charge in [0.15, 0.2) is 0 Å². The zero-order valence-electron chi connectivity index (χ0n) is 19.5. The van der Waals surface area contributed by atoms with Crippen LogP contribution in [0.4, 0.5) is 0 Å². The number of ether oxygens (including phenoxy) is 3. The van der Waals surface area contributed by atoms with E-state index in [1.165, 1.54) is 5.56 Å². The van der Waals surface area contributed by atoms with Crippen LogP contribution in [0.3, 0.4) is 0 Å². The molecule has 2 aliphatic rings. The lowest BCUT2D eigenvalue weighted by molar-refractivity contribution is 0.0322. The van der Waals surface area contributed by atoms with Gasteiger partial charge in [-0.1, -0.05) is 12.1 Å². The molecular formula is C26H32N4O4. The Balaban J connectivity index is 1.19. The average Bonchev–Trinajstić information content (AvgIpc) is 3.22. The van der Waals surface area contributed by atoms with Crippen LogP contribution in [0, 0.1) is 5.92 Å². The van der Waals surface area contributed by atoms with Gasteiger partial charge in [0.2, 0.25) is 0 Å². The number of amides is 1. The zero-order valence-corrected chi connectivity index (χ0v) is 19.5. The smallest absolute Gasteiger partial charge is 0.254 e. The summed E-state index contributed by atoms with van der Waals surface area (Å²) in [5, 5.41) is 0. The normalized spacial score (nSPS) is 19.8. The molecule has 1 atom stereocenters. The van der Waals surface area contributed by atoms with E-state index in [2.05, 4.69) is 22.1 Å². The van der Waals surface area contributed by atoms with Crippen LogP contribution in [-0.4, -0.2) is 90.8 Å². The first-order valence-corrected chi connectivity index (χ1v) is 12.1. The van der Waals surface area contributed by atoms with E-state index in [1.807, 2.05) is 45.8 Å². The summed E-state index contributed by atoms with van der Waals surface area (Å²) in [6.45, 7) is 7.36. The Kier molecular flexibility index (Phi) is 7.38. The summed E-state index contributed by atoms with van der Waals surface area (Å²) in [5.74, 6) is 0.995. The Labute approximate surface area is 200 Å². The topological polar surface area (TPSA) is 68.5 Å². The molecule has 0 N–H and O–H groups in total. The molecule has 4 heterocycles. The molecule has 5 rings (SSSR count). The van der Waals surface area contributed by atoms with Crippen molar-refractivity contribution in [1.82, 2.24) is 19.2 Å². The summed E-state index contributed by atoms with van der Waals surface area (Å²) in [5.41, 5.74) is 2.80. The molecule has 0 aliphatic carbocycles. The summed E-state index contributed by atoms with van der Waals surface area (Å²) in [4.78, 5) is 21.9.